The van der Waals surface area contributed by atoms with E-state index in [0.29, 0.717) is 22.6 Å². The lowest BCUT2D eigenvalue weighted by Gasteiger charge is -2.31. The zero-order valence-electron chi connectivity index (χ0n) is 18.7. The Bertz CT molecular complexity index is 1290. The van der Waals surface area contributed by atoms with Crippen molar-refractivity contribution in [3.8, 4) is 17.2 Å². The fourth-order valence-corrected chi connectivity index (χ4v) is 4.13. The van der Waals surface area contributed by atoms with Gasteiger partial charge in [-0.2, -0.15) is 4.39 Å². The molecule has 0 amide bonds. The second-order valence-electron chi connectivity index (χ2n) is 7.41. The van der Waals surface area contributed by atoms with Crippen LogP contribution in [-0.4, -0.2) is 40.2 Å². The van der Waals surface area contributed by atoms with Gasteiger partial charge in [-0.1, -0.05) is 6.07 Å². The van der Waals surface area contributed by atoms with Crippen molar-refractivity contribution in [2.75, 3.05) is 28.4 Å². The van der Waals surface area contributed by atoms with Gasteiger partial charge in [0.15, 0.2) is 17.3 Å². The zero-order chi connectivity index (χ0) is 24.6. The maximum absolute atomic E-state index is 14.2. The fourth-order valence-electron chi connectivity index (χ4n) is 4.13. The van der Waals surface area contributed by atoms with Gasteiger partial charge in [-0.25, -0.2) is 9.18 Å². The minimum Gasteiger partial charge on any atom is -0.499 e. The van der Waals surface area contributed by atoms with Crippen molar-refractivity contribution in [1.82, 2.24) is 0 Å². The zero-order valence-corrected chi connectivity index (χ0v) is 18.7. The van der Waals surface area contributed by atoms with E-state index in [-0.39, 0.29) is 17.1 Å². The Morgan fingerprint density at radius 2 is 1.68 bits per heavy atom. The molecular weight excluding hydrogens is 450 g/mol. The lowest BCUT2D eigenvalue weighted by Crippen LogP contribution is -2.30. The van der Waals surface area contributed by atoms with E-state index in [0.717, 1.165) is 12.1 Å². The van der Waals surface area contributed by atoms with Crippen molar-refractivity contribution >= 4 is 17.3 Å². The molecule has 2 aliphatic carbocycles. The van der Waals surface area contributed by atoms with E-state index in [2.05, 4.69) is 0 Å². The summed E-state index contributed by atoms with van der Waals surface area (Å²) in [4.78, 5) is 25.7. The van der Waals surface area contributed by atoms with E-state index in [1.54, 1.807) is 12.1 Å². The molecule has 176 valence electrons. The van der Waals surface area contributed by atoms with Gasteiger partial charge in [-0.05, 0) is 30.4 Å². The number of carbonyl (C=O) groups excluding carboxylic acids is 2. The SMILES string of the molecule is COC1=CC2(C=C(C(=O)Oc3cccc(F)c3F)c3cc(OC)cc(OC)c32)C(OC)=CC1=O. The third kappa shape index (κ3) is 3.49. The van der Waals surface area contributed by atoms with Crippen LogP contribution in [-0.2, 0) is 24.5 Å². The summed E-state index contributed by atoms with van der Waals surface area (Å²) >= 11 is 0. The van der Waals surface area contributed by atoms with E-state index >= 15 is 0 Å². The molecule has 0 aromatic heterocycles. The van der Waals surface area contributed by atoms with E-state index in [1.165, 1.54) is 52.7 Å². The number of esters is 1. The number of ketones is 1. The number of ether oxygens (including phenoxy) is 5. The smallest absolute Gasteiger partial charge is 0.343 e. The minimum atomic E-state index is -1.30. The fraction of sp³-hybridized carbons (Fsp3) is 0.200. The summed E-state index contributed by atoms with van der Waals surface area (Å²) in [6.07, 6.45) is 4.26. The third-order valence-corrected chi connectivity index (χ3v) is 5.66. The summed E-state index contributed by atoms with van der Waals surface area (Å²) in [6, 6.07) is 6.45. The van der Waals surface area contributed by atoms with E-state index in [4.69, 9.17) is 23.7 Å². The highest BCUT2D eigenvalue weighted by Crippen LogP contribution is 2.53. The first-order valence-electron chi connectivity index (χ1n) is 10.0. The number of hydrogen-bond acceptors (Lipinski definition) is 7. The Morgan fingerprint density at radius 3 is 2.32 bits per heavy atom. The van der Waals surface area contributed by atoms with Gasteiger partial charge < -0.3 is 23.7 Å². The van der Waals surface area contributed by atoms with Crippen LogP contribution in [0.1, 0.15) is 11.1 Å². The maximum atomic E-state index is 14.2. The molecule has 0 fully saturated rings. The van der Waals surface area contributed by atoms with Crippen LogP contribution in [0.5, 0.6) is 17.2 Å². The lowest BCUT2D eigenvalue weighted by atomic mass is 9.76. The van der Waals surface area contributed by atoms with Gasteiger partial charge in [0.05, 0.1) is 39.4 Å². The molecule has 1 spiro atoms. The van der Waals surface area contributed by atoms with Gasteiger partial charge in [-0.15, -0.1) is 0 Å². The van der Waals surface area contributed by atoms with Crippen molar-refractivity contribution in [3.63, 3.8) is 0 Å². The first kappa shape index (κ1) is 23.0. The number of carbonyl (C=O) groups is 2. The summed E-state index contributed by atoms with van der Waals surface area (Å²) in [5.41, 5.74) is -0.491. The third-order valence-electron chi connectivity index (χ3n) is 5.66. The average Bonchev–Trinajstić information content (AvgIpc) is 3.17. The lowest BCUT2D eigenvalue weighted by molar-refractivity contribution is -0.128. The molecule has 4 rings (SSSR count). The van der Waals surface area contributed by atoms with Crippen LogP contribution in [0.15, 0.2) is 60.1 Å². The van der Waals surface area contributed by atoms with E-state index in [9.17, 15) is 18.4 Å². The predicted octanol–water partition coefficient (Wildman–Crippen LogP) is 3.87. The molecule has 34 heavy (non-hydrogen) atoms. The molecule has 0 heterocycles. The standard InChI is InChI=1S/C25H20F2O7/c1-30-13-8-14-15(24(29)34-18-7-5-6-16(26)23(18)27)11-25(22(14)19(9-13)31-2)12-20(32-3)17(28)10-21(25)33-4/h5-12H,1-4H3. The number of hydrogen-bond donors (Lipinski definition) is 0. The maximum Gasteiger partial charge on any atom is 0.343 e. The summed E-state index contributed by atoms with van der Waals surface area (Å²) in [5.74, 6) is -3.50. The van der Waals surface area contributed by atoms with Gasteiger partial charge in [0.25, 0.3) is 0 Å². The Morgan fingerprint density at radius 1 is 0.912 bits per heavy atom. The molecule has 1 unspecified atom stereocenters. The first-order chi connectivity index (χ1) is 16.3. The van der Waals surface area contributed by atoms with Crippen LogP contribution in [0.25, 0.3) is 5.57 Å². The van der Waals surface area contributed by atoms with E-state index < -0.39 is 34.6 Å². The first-order valence-corrected chi connectivity index (χ1v) is 10.0. The molecular formula is C25H20F2O7. The minimum absolute atomic E-state index is 0.000127. The monoisotopic (exact) mass is 470 g/mol. The topological polar surface area (TPSA) is 80.3 Å². The highest BCUT2D eigenvalue weighted by molar-refractivity contribution is 6.21. The molecule has 0 saturated carbocycles. The van der Waals surface area contributed by atoms with Crippen molar-refractivity contribution in [3.05, 3.63) is 82.8 Å². The predicted molar refractivity (Wildman–Crippen MR) is 116 cm³/mol. The van der Waals surface area contributed by atoms with E-state index in [1.807, 2.05) is 0 Å². The molecule has 0 saturated heterocycles. The average molecular weight is 470 g/mol. The second-order valence-corrected chi connectivity index (χ2v) is 7.41. The van der Waals surface area contributed by atoms with Crippen LogP contribution < -0.4 is 14.2 Å². The summed E-state index contributed by atoms with van der Waals surface area (Å²) in [5, 5.41) is 0. The van der Waals surface area contributed by atoms with Crippen molar-refractivity contribution < 1.29 is 42.1 Å². The number of fused-ring (bicyclic) bond motifs is 2. The quantitative estimate of drug-likeness (QED) is 0.469. The molecule has 2 aromatic carbocycles. The Balaban J connectivity index is 1.96. The highest BCUT2D eigenvalue weighted by atomic mass is 19.2. The second kappa shape index (κ2) is 8.66. The molecule has 7 nitrogen and oxygen atoms in total. The van der Waals surface area contributed by atoms with Crippen LogP contribution in [0.4, 0.5) is 8.78 Å². The largest absolute Gasteiger partial charge is 0.499 e. The summed E-state index contributed by atoms with van der Waals surface area (Å²) < 4.78 is 54.7. The molecule has 1 atom stereocenters. The summed E-state index contributed by atoms with van der Waals surface area (Å²) in [6.45, 7) is 0. The van der Waals surface area contributed by atoms with Gasteiger partial charge in [0, 0.05) is 23.3 Å². The Kier molecular flexibility index (Phi) is 5.87. The van der Waals surface area contributed by atoms with Crippen LogP contribution in [0, 0.1) is 11.6 Å². The number of halogens is 2. The van der Waals surface area contributed by atoms with Gasteiger partial charge in [0.1, 0.15) is 17.3 Å². The van der Waals surface area contributed by atoms with Gasteiger partial charge in [-0.3, -0.25) is 4.79 Å². The van der Waals surface area contributed by atoms with Crippen molar-refractivity contribution in [2.24, 2.45) is 0 Å². The Hall–Kier alpha value is -4.14. The summed E-state index contributed by atoms with van der Waals surface area (Å²) in [7, 11) is 5.61. The van der Waals surface area contributed by atoms with Crippen molar-refractivity contribution in [2.45, 2.75) is 5.41 Å². The Labute approximate surface area is 193 Å². The highest BCUT2D eigenvalue weighted by Gasteiger charge is 2.49. The van der Waals surface area contributed by atoms with Crippen LogP contribution in [0.2, 0.25) is 0 Å². The molecule has 0 aliphatic heterocycles. The van der Waals surface area contributed by atoms with Gasteiger partial charge >= 0.3 is 5.97 Å². The number of rotatable bonds is 6. The molecule has 0 radical (unpaired) electrons. The van der Waals surface area contributed by atoms with Crippen LogP contribution in [0.3, 0.4) is 0 Å². The number of methoxy groups -OCH3 is 4. The van der Waals surface area contributed by atoms with Crippen molar-refractivity contribution in [1.29, 1.82) is 0 Å². The molecule has 9 heteroatoms. The normalized spacial score (nSPS) is 18.5. The molecule has 2 aromatic rings. The van der Waals surface area contributed by atoms with Gasteiger partial charge in [0.2, 0.25) is 11.6 Å². The number of benzene rings is 2. The molecule has 0 N–H and O–H groups in total. The molecule has 0 bridgehead atoms. The number of allylic oxidation sites excluding steroid dienone is 2. The molecule has 2 aliphatic rings. The van der Waals surface area contributed by atoms with Crippen LogP contribution >= 0.6 is 0 Å².